The molecule has 1 aromatic rings. The minimum Gasteiger partial charge on any atom is -0.301 e. The van der Waals surface area contributed by atoms with Crippen LogP contribution in [0.1, 0.15) is 18.0 Å². The molecule has 1 saturated heterocycles. The summed E-state index contributed by atoms with van der Waals surface area (Å²) < 4.78 is 26.0. The zero-order chi connectivity index (χ0) is 9.26. The van der Waals surface area contributed by atoms with Gasteiger partial charge in [0.1, 0.15) is 0 Å². The van der Waals surface area contributed by atoms with Gasteiger partial charge >= 0.3 is 0 Å². The van der Waals surface area contributed by atoms with Crippen molar-refractivity contribution in [3.05, 3.63) is 35.4 Å². The standard InChI is InChI=1S/C9H9F2NO/c10-7-3-1-2-6(9(7)11)8-4-5-13-12-8/h1-3,8,12H,4-5H2. The molecule has 0 amide bonds. The van der Waals surface area contributed by atoms with Gasteiger partial charge in [-0.3, -0.25) is 0 Å². The smallest absolute Gasteiger partial charge is 0.163 e. The van der Waals surface area contributed by atoms with Crippen LogP contribution < -0.4 is 5.48 Å². The van der Waals surface area contributed by atoms with Gasteiger partial charge in [-0.05, 0) is 12.5 Å². The summed E-state index contributed by atoms with van der Waals surface area (Å²) in [5, 5.41) is 0. The van der Waals surface area contributed by atoms with E-state index in [2.05, 4.69) is 5.48 Å². The summed E-state index contributed by atoms with van der Waals surface area (Å²) in [5.74, 6) is -1.60. The molecular formula is C9H9F2NO. The van der Waals surface area contributed by atoms with Gasteiger partial charge in [-0.15, -0.1) is 0 Å². The van der Waals surface area contributed by atoms with E-state index >= 15 is 0 Å². The average molecular weight is 185 g/mol. The van der Waals surface area contributed by atoms with E-state index in [4.69, 9.17) is 4.84 Å². The largest absolute Gasteiger partial charge is 0.301 e. The Labute approximate surface area is 74.5 Å². The normalized spacial score (nSPS) is 22.2. The summed E-state index contributed by atoms with van der Waals surface area (Å²) in [4.78, 5) is 4.87. The van der Waals surface area contributed by atoms with Crippen LogP contribution in [0.5, 0.6) is 0 Å². The van der Waals surface area contributed by atoms with E-state index in [1.54, 1.807) is 6.07 Å². The lowest BCUT2D eigenvalue weighted by Gasteiger charge is -2.09. The first-order valence-electron chi connectivity index (χ1n) is 4.10. The van der Waals surface area contributed by atoms with E-state index < -0.39 is 11.6 Å². The first-order chi connectivity index (χ1) is 6.29. The first-order valence-corrected chi connectivity index (χ1v) is 4.10. The van der Waals surface area contributed by atoms with Crippen molar-refractivity contribution in [3.8, 4) is 0 Å². The zero-order valence-corrected chi connectivity index (χ0v) is 6.89. The maximum atomic E-state index is 13.2. The third-order valence-corrected chi connectivity index (χ3v) is 2.09. The molecule has 2 rings (SSSR count). The van der Waals surface area contributed by atoms with Gasteiger partial charge in [0.05, 0.1) is 12.6 Å². The van der Waals surface area contributed by atoms with Crippen LogP contribution in [-0.4, -0.2) is 6.61 Å². The van der Waals surface area contributed by atoms with Gasteiger partial charge in [0, 0.05) is 5.56 Å². The third kappa shape index (κ3) is 1.55. The lowest BCUT2D eigenvalue weighted by Crippen LogP contribution is -2.13. The van der Waals surface area contributed by atoms with Crippen molar-refractivity contribution in [2.75, 3.05) is 6.61 Å². The highest BCUT2D eigenvalue weighted by Crippen LogP contribution is 2.24. The number of hydroxylamine groups is 1. The highest BCUT2D eigenvalue weighted by Gasteiger charge is 2.21. The lowest BCUT2D eigenvalue weighted by atomic mass is 10.0. The van der Waals surface area contributed by atoms with Crippen molar-refractivity contribution in [2.45, 2.75) is 12.5 Å². The number of halogens is 2. The van der Waals surface area contributed by atoms with Crippen LogP contribution >= 0.6 is 0 Å². The van der Waals surface area contributed by atoms with Crippen LogP contribution in [0.3, 0.4) is 0 Å². The summed E-state index contributed by atoms with van der Waals surface area (Å²) in [6, 6.07) is 3.93. The Morgan fingerprint density at radius 3 is 2.92 bits per heavy atom. The molecule has 1 heterocycles. The summed E-state index contributed by atoms with van der Waals surface area (Å²) in [5.41, 5.74) is 2.97. The molecule has 0 aliphatic carbocycles. The molecule has 1 aromatic carbocycles. The number of hydrogen-bond donors (Lipinski definition) is 1. The van der Waals surface area contributed by atoms with Crippen LogP contribution in [0.15, 0.2) is 18.2 Å². The van der Waals surface area contributed by atoms with E-state index in [-0.39, 0.29) is 6.04 Å². The van der Waals surface area contributed by atoms with E-state index in [1.807, 2.05) is 0 Å². The van der Waals surface area contributed by atoms with Crippen LogP contribution in [0.25, 0.3) is 0 Å². The molecule has 1 N–H and O–H groups in total. The Hall–Kier alpha value is -1.00. The molecule has 1 aliphatic rings. The highest BCUT2D eigenvalue weighted by molar-refractivity contribution is 5.22. The van der Waals surface area contributed by atoms with Gasteiger partial charge in [0.2, 0.25) is 0 Å². The van der Waals surface area contributed by atoms with Crippen LogP contribution in [-0.2, 0) is 4.84 Å². The summed E-state index contributed by atoms with van der Waals surface area (Å²) in [6.07, 6.45) is 0.667. The topological polar surface area (TPSA) is 21.3 Å². The van der Waals surface area contributed by atoms with Gasteiger partial charge in [0.25, 0.3) is 0 Å². The van der Waals surface area contributed by atoms with Crippen LogP contribution in [0.4, 0.5) is 8.78 Å². The van der Waals surface area contributed by atoms with Crippen molar-refractivity contribution in [1.29, 1.82) is 0 Å². The van der Waals surface area contributed by atoms with Gasteiger partial charge in [-0.2, -0.15) is 5.48 Å². The van der Waals surface area contributed by atoms with Crippen molar-refractivity contribution in [1.82, 2.24) is 5.48 Å². The Kier molecular flexibility index (Phi) is 2.24. The molecular weight excluding hydrogens is 176 g/mol. The Morgan fingerprint density at radius 1 is 1.38 bits per heavy atom. The Balaban J connectivity index is 2.33. The predicted octanol–water partition coefficient (Wildman–Crippen LogP) is 1.93. The molecule has 4 heteroatoms. The number of hydrogen-bond acceptors (Lipinski definition) is 2. The van der Waals surface area contributed by atoms with Gasteiger partial charge in [-0.25, -0.2) is 8.78 Å². The van der Waals surface area contributed by atoms with E-state index in [0.717, 1.165) is 6.07 Å². The maximum Gasteiger partial charge on any atom is 0.163 e. The monoisotopic (exact) mass is 185 g/mol. The van der Waals surface area contributed by atoms with Crippen LogP contribution in [0.2, 0.25) is 0 Å². The Bertz CT molecular complexity index is 310. The molecule has 0 radical (unpaired) electrons. The van der Waals surface area contributed by atoms with Crippen LogP contribution in [0, 0.1) is 11.6 Å². The molecule has 0 saturated carbocycles. The quantitative estimate of drug-likeness (QED) is 0.721. The molecule has 0 aromatic heterocycles. The lowest BCUT2D eigenvalue weighted by molar-refractivity contribution is 0.0876. The molecule has 2 nitrogen and oxygen atoms in total. The first kappa shape index (κ1) is 8.59. The number of benzene rings is 1. The molecule has 0 spiro atoms. The van der Waals surface area contributed by atoms with Gasteiger partial charge in [-0.1, -0.05) is 12.1 Å². The molecule has 0 bridgehead atoms. The number of rotatable bonds is 1. The molecule has 1 aliphatic heterocycles. The second-order valence-electron chi connectivity index (χ2n) is 2.95. The molecule has 70 valence electrons. The van der Waals surface area contributed by atoms with Gasteiger partial charge < -0.3 is 4.84 Å². The van der Waals surface area contributed by atoms with E-state index in [1.165, 1.54) is 6.07 Å². The molecule has 1 unspecified atom stereocenters. The van der Waals surface area contributed by atoms with E-state index in [9.17, 15) is 8.78 Å². The second-order valence-corrected chi connectivity index (χ2v) is 2.95. The summed E-state index contributed by atoms with van der Waals surface area (Å²) >= 11 is 0. The van der Waals surface area contributed by atoms with Crippen molar-refractivity contribution in [2.24, 2.45) is 0 Å². The van der Waals surface area contributed by atoms with Crippen molar-refractivity contribution in [3.63, 3.8) is 0 Å². The fraction of sp³-hybridized carbons (Fsp3) is 0.333. The molecule has 13 heavy (non-hydrogen) atoms. The maximum absolute atomic E-state index is 13.2. The number of nitrogens with one attached hydrogen (secondary N) is 1. The second kappa shape index (κ2) is 3.40. The zero-order valence-electron chi connectivity index (χ0n) is 6.89. The van der Waals surface area contributed by atoms with E-state index in [0.29, 0.717) is 18.6 Å². The minimum absolute atomic E-state index is 0.226. The minimum atomic E-state index is -0.814. The SMILES string of the molecule is Fc1cccc(C2CCON2)c1F. The van der Waals surface area contributed by atoms with Crippen molar-refractivity contribution >= 4 is 0 Å². The molecule has 1 fully saturated rings. The average Bonchev–Trinajstić information content (AvgIpc) is 2.62. The summed E-state index contributed by atoms with van der Waals surface area (Å²) in [7, 11) is 0. The fourth-order valence-corrected chi connectivity index (χ4v) is 1.40. The third-order valence-electron chi connectivity index (χ3n) is 2.09. The Morgan fingerprint density at radius 2 is 2.23 bits per heavy atom. The fourth-order valence-electron chi connectivity index (χ4n) is 1.40. The predicted molar refractivity (Wildman–Crippen MR) is 42.8 cm³/mol. The van der Waals surface area contributed by atoms with Crippen molar-refractivity contribution < 1.29 is 13.6 Å². The highest BCUT2D eigenvalue weighted by atomic mass is 19.2. The van der Waals surface area contributed by atoms with Gasteiger partial charge in [0.15, 0.2) is 11.6 Å². The molecule has 1 atom stereocenters. The summed E-state index contributed by atoms with van der Waals surface area (Å²) in [6.45, 7) is 0.528.